The Morgan fingerprint density at radius 2 is 1.86 bits per heavy atom. The van der Waals surface area contributed by atoms with Gasteiger partial charge in [0.05, 0.1) is 12.8 Å². The number of esters is 1. The molecular weight excluding hydrogens is 386 g/mol. The fourth-order valence-corrected chi connectivity index (χ4v) is 3.56. The van der Waals surface area contributed by atoms with Crippen LogP contribution in [0.2, 0.25) is 0 Å². The average Bonchev–Trinajstić information content (AvgIpc) is 3.21. The highest BCUT2D eigenvalue weighted by atomic mass is 32.1. The lowest BCUT2D eigenvalue weighted by atomic mass is 10.2. The lowest BCUT2D eigenvalue weighted by Crippen LogP contribution is -2.20. The Morgan fingerprint density at radius 3 is 2.62 bits per heavy atom. The molecule has 0 aliphatic carbocycles. The second kappa shape index (κ2) is 9.71. The quantitative estimate of drug-likeness (QED) is 0.446. The first kappa shape index (κ1) is 20.4. The molecule has 2 aromatic carbocycles. The molecule has 3 rings (SSSR count). The second-order valence-corrected chi connectivity index (χ2v) is 7.38. The molecular formula is C23H21NO4S. The molecule has 6 heteroatoms. The number of methoxy groups -OCH3 is 1. The molecule has 0 saturated heterocycles. The van der Waals surface area contributed by atoms with Crippen molar-refractivity contribution in [1.82, 2.24) is 0 Å². The van der Waals surface area contributed by atoms with E-state index >= 15 is 0 Å². The molecule has 0 saturated carbocycles. The average molecular weight is 407 g/mol. The molecule has 0 spiro atoms. The van der Waals surface area contributed by atoms with Crippen LogP contribution in [0.3, 0.4) is 0 Å². The van der Waals surface area contributed by atoms with Crippen molar-refractivity contribution in [2.75, 3.05) is 19.0 Å². The van der Waals surface area contributed by atoms with E-state index in [-0.39, 0.29) is 6.61 Å². The van der Waals surface area contributed by atoms with Crippen LogP contribution < -0.4 is 10.1 Å². The van der Waals surface area contributed by atoms with Crippen molar-refractivity contribution in [2.24, 2.45) is 0 Å². The van der Waals surface area contributed by atoms with Gasteiger partial charge in [0.15, 0.2) is 6.61 Å². The Kier molecular flexibility index (Phi) is 6.81. The van der Waals surface area contributed by atoms with Gasteiger partial charge in [-0.3, -0.25) is 4.79 Å². The molecule has 1 amide bonds. The highest BCUT2D eigenvalue weighted by Crippen LogP contribution is 2.28. The molecule has 1 aromatic heterocycles. The summed E-state index contributed by atoms with van der Waals surface area (Å²) in [5.41, 5.74) is 2.64. The van der Waals surface area contributed by atoms with Gasteiger partial charge < -0.3 is 14.8 Å². The highest BCUT2D eigenvalue weighted by Gasteiger charge is 2.10. The third kappa shape index (κ3) is 5.80. The Balaban J connectivity index is 1.52. The Hall–Kier alpha value is -3.38. The van der Waals surface area contributed by atoms with Gasteiger partial charge >= 0.3 is 5.97 Å². The van der Waals surface area contributed by atoms with E-state index in [1.165, 1.54) is 13.2 Å². The van der Waals surface area contributed by atoms with Gasteiger partial charge in [0.1, 0.15) is 5.75 Å². The number of benzene rings is 2. The maximum absolute atomic E-state index is 12.1. The summed E-state index contributed by atoms with van der Waals surface area (Å²) in [6.45, 7) is 1.54. The number of amides is 1. The summed E-state index contributed by atoms with van der Waals surface area (Å²) in [6, 6.07) is 19.4. The minimum Gasteiger partial charge on any atom is -0.495 e. The van der Waals surface area contributed by atoms with Crippen LogP contribution in [0.15, 0.2) is 66.7 Å². The molecule has 0 unspecified atom stereocenters. The van der Waals surface area contributed by atoms with Crippen molar-refractivity contribution in [1.29, 1.82) is 0 Å². The van der Waals surface area contributed by atoms with Gasteiger partial charge in [0.25, 0.3) is 5.91 Å². The molecule has 1 N–H and O–H groups in total. The summed E-state index contributed by atoms with van der Waals surface area (Å²) in [5.74, 6) is -0.466. The number of ether oxygens (including phenoxy) is 2. The zero-order valence-electron chi connectivity index (χ0n) is 16.2. The van der Waals surface area contributed by atoms with Gasteiger partial charge in [-0.05, 0) is 48.4 Å². The van der Waals surface area contributed by atoms with E-state index in [0.717, 1.165) is 20.9 Å². The van der Waals surface area contributed by atoms with Crippen LogP contribution in [-0.2, 0) is 14.3 Å². The Bertz CT molecular complexity index is 1020. The number of rotatable bonds is 7. The normalized spacial score (nSPS) is 10.7. The molecule has 0 radical (unpaired) electrons. The molecule has 5 nitrogen and oxygen atoms in total. The molecule has 0 aliphatic heterocycles. The topological polar surface area (TPSA) is 64.6 Å². The fourth-order valence-electron chi connectivity index (χ4n) is 2.64. The minimum absolute atomic E-state index is 0.375. The van der Waals surface area contributed by atoms with Gasteiger partial charge in [-0.25, -0.2) is 4.79 Å². The van der Waals surface area contributed by atoms with Crippen LogP contribution in [0, 0.1) is 6.92 Å². The van der Waals surface area contributed by atoms with Crippen molar-refractivity contribution >= 4 is 35.0 Å². The predicted octanol–water partition coefficient (Wildman–Crippen LogP) is 4.93. The standard InChI is InChI=1S/C23H21NO4S/c1-16-8-11-20(27-2)19(14-16)24-22(25)15-28-23(26)13-10-18-9-12-21(29-18)17-6-4-3-5-7-17/h3-14H,15H2,1-2H3,(H,24,25)/b13-10+. The number of carbonyl (C=O) groups is 2. The third-order valence-corrected chi connectivity index (χ3v) is 5.14. The number of thiophene rings is 1. The van der Waals surface area contributed by atoms with E-state index in [2.05, 4.69) is 5.32 Å². The molecule has 1 heterocycles. The second-order valence-electron chi connectivity index (χ2n) is 6.26. The lowest BCUT2D eigenvalue weighted by molar-refractivity contribution is -0.142. The van der Waals surface area contributed by atoms with Gasteiger partial charge in [-0.15, -0.1) is 11.3 Å². The summed E-state index contributed by atoms with van der Waals surface area (Å²) in [6.07, 6.45) is 3.00. The SMILES string of the molecule is COc1ccc(C)cc1NC(=O)COC(=O)/C=C/c1ccc(-c2ccccc2)s1. The first-order valence-corrected chi connectivity index (χ1v) is 9.81. The molecule has 3 aromatic rings. The van der Waals surface area contributed by atoms with Gasteiger partial charge in [-0.2, -0.15) is 0 Å². The molecule has 0 atom stereocenters. The maximum atomic E-state index is 12.1. The van der Waals surface area contributed by atoms with Crippen LogP contribution in [0.4, 0.5) is 5.69 Å². The fraction of sp³-hybridized carbons (Fsp3) is 0.130. The van der Waals surface area contributed by atoms with Crippen molar-refractivity contribution in [3.8, 4) is 16.2 Å². The third-order valence-electron chi connectivity index (χ3n) is 4.04. The molecule has 29 heavy (non-hydrogen) atoms. The van der Waals surface area contributed by atoms with Crippen molar-refractivity contribution in [3.05, 3.63) is 77.2 Å². The molecule has 0 bridgehead atoms. The number of anilines is 1. The van der Waals surface area contributed by atoms with E-state index in [1.54, 1.807) is 29.5 Å². The van der Waals surface area contributed by atoms with Crippen molar-refractivity contribution < 1.29 is 19.1 Å². The van der Waals surface area contributed by atoms with E-state index in [9.17, 15) is 9.59 Å². The van der Waals surface area contributed by atoms with Crippen LogP contribution in [0.1, 0.15) is 10.4 Å². The number of nitrogens with one attached hydrogen (secondary N) is 1. The molecule has 0 fully saturated rings. The zero-order valence-corrected chi connectivity index (χ0v) is 17.0. The first-order chi connectivity index (χ1) is 14.0. The van der Waals surface area contributed by atoms with Crippen LogP contribution in [-0.4, -0.2) is 25.6 Å². The summed E-state index contributed by atoms with van der Waals surface area (Å²) >= 11 is 1.57. The summed E-state index contributed by atoms with van der Waals surface area (Å²) < 4.78 is 10.2. The zero-order chi connectivity index (χ0) is 20.6. The first-order valence-electron chi connectivity index (χ1n) is 9.00. The Labute approximate surface area is 173 Å². The van der Waals surface area contributed by atoms with E-state index in [4.69, 9.17) is 9.47 Å². The molecule has 0 aliphatic rings. The highest BCUT2D eigenvalue weighted by molar-refractivity contribution is 7.16. The van der Waals surface area contributed by atoms with Crippen LogP contribution >= 0.6 is 11.3 Å². The smallest absolute Gasteiger partial charge is 0.331 e. The lowest BCUT2D eigenvalue weighted by Gasteiger charge is -2.10. The number of hydrogen-bond acceptors (Lipinski definition) is 5. The predicted molar refractivity (Wildman–Crippen MR) is 116 cm³/mol. The van der Waals surface area contributed by atoms with Gasteiger partial charge in [0, 0.05) is 15.8 Å². The van der Waals surface area contributed by atoms with E-state index in [0.29, 0.717) is 11.4 Å². The Morgan fingerprint density at radius 1 is 1.07 bits per heavy atom. The monoisotopic (exact) mass is 407 g/mol. The summed E-state index contributed by atoms with van der Waals surface area (Å²) in [5, 5.41) is 2.69. The van der Waals surface area contributed by atoms with Crippen LogP contribution in [0.5, 0.6) is 5.75 Å². The van der Waals surface area contributed by atoms with E-state index in [1.807, 2.05) is 55.5 Å². The maximum Gasteiger partial charge on any atom is 0.331 e. The summed E-state index contributed by atoms with van der Waals surface area (Å²) in [7, 11) is 1.53. The number of aryl methyl sites for hydroxylation is 1. The van der Waals surface area contributed by atoms with Gasteiger partial charge in [-0.1, -0.05) is 36.4 Å². The van der Waals surface area contributed by atoms with Crippen molar-refractivity contribution in [2.45, 2.75) is 6.92 Å². The van der Waals surface area contributed by atoms with Gasteiger partial charge in [0.2, 0.25) is 0 Å². The minimum atomic E-state index is -0.578. The van der Waals surface area contributed by atoms with E-state index < -0.39 is 11.9 Å². The van der Waals surface area contributed by atoms with Crippen molar-refractivity contribution in [3.63, 3.8) is 0 Å². The number of carbonyl (C=O) groups excluding carboxylic acids is 2. The van der Waals surface area contributed by atoms with Crippen LogP contribution in [0.25, 0.3) is 16.5 Å². The molecule has 148 valence electrons. The largest absolute Gasteiger partial charge is 0.495 e. The summed E-state index contributed by atoms with van der Waals surface area (Å²) in [4.78, 5) is 26.0. The number of hydrogen-bond donors (Lipinski definition) is 1.